The van der Waals surface area contributed by atoms with E-state index in [9.17, 15) is 10.1 Å². The van der Waals surface area contributed by atoms with E-state index in [1.165, 1.54) is 0 Å². The molecule has 5 nitrogen and oxygen atoms in total. The fourth-order valence-electron chi connectivity index (χ4n) is 3.06. The first kappa shape index (κ1) is 15.5. The van der Waals surface area contributed by atoms with Crippen LogP contribution >= 0.6 is 23.1 Å². The van der Waals surface area contributed by atoms with Gasteiger partial charge >= 0.3 is 0 Å². The highest BCUT2D eigenvalue weighted by Gasteiger charge is 2.38. The van der Waals surface area contributed by atoms with Crippen molar-refractivity contribution in [3.05, 3.63) is 57.1 Å². The van der Waals surface area contributed by atoms with Crippen LogP contribution in [-0.2, 0) is 11.3 Å². The Balaban J connectivity index is 1.60. The second-order valence-corrected chi connectivity index (χ2v) is 7.66. The monoisotopic (exact) mass is 357 g/mol. The van der Waals surface area contributed by atoms with E-state index in [0.29, 0.717) is 19.6 Å². The summed E-state index contributed by atoms with van der Waals surface area (Å²) < 4.78 is 5.39. The smallest absolute Gasteiger partial charge is 0.229 e. The minimum Gasteiger partial charge on any atom is -0.468 e. The number of carbonyl (C=O) groups is 1. The Bertz CT molecular complexity index is 806. The van der Waals surface area contributed by atoms with E-state index in [1.807, 2.05) is 29.6 Å². The van der Waals surface area contributed by atoms with Gasteiger partial charge in [0.1, 0.15) is 5.76 Å². The third-order valence-corrected chi connectivity index (χ3v) is 6.39. The number of amides is 1. The van der Waals surface area contributed by atoms with Crippen LogP contribution in [0.1, 0.15) is 23.0 Å². The van der Waals surface area contributed by atoms with Crippen LogP contribution in [0.15, 0.2) is 50.9 Å². The lowest BCUT2D eigenvalue weighted by Gasteiger charge is -2.40. The molecule has 122 valence electrons. The second-order valence-electron chi connectivity index (χ2n) is 5.75. The van der Waals surface area contributed by atoms with Crippen molar-refractivity contribution >= 4 is 29.0 Å². The molecule has 4 heterocycles. The fourth-order valence-corrected chi connectivity index (χ4v) is 5.04. The van der Waals surface area contributed by atoms with Gasteiger partial charge in [0.2, 0.25) is 5.91 Å². The Labute approximate surface area is 148 Å². The van der Waals surface area contributed by atoms with Crippen molar-refractivity contribution in [2.24, 2.45) is 0 Å². The van der Waals surface area contributed by atoms with Crippen molar-refractivity contribution in [2.75, 3.05) is 12.5 Å². The number of hydrogen-bond donors (Lipinski definition) is 0. The predicted molar refractivity (Wildman–Crippen MR) is 92.7 cm³/mol. The number of carbonyl (C=O) groups excluding carboxylic acids is 1. The second kappa shape index (κ2) is 6.48. The molecule has 0 spiro atoms. The molecule has 1 saturated heterocycles. The average molecular weight is 357 g/mol. The zero-order valence-electron chi connectivity index (χ0n) is 12.8. The minimum absolute atomic E-state index is 0.0824. The summed E-state index contributed by atoms with van der Waals surface area (Å²) in [6.07, 6.45) is 2.02. The van der Waals surface area contributed by atoms with Gasteiger partial charge in [-0.25, -0.2) is 0 Å². The van der Waals surface area contributed by atoms with Crippen LogP contribution < -0.4 is 0 Å². The van der Waals surface area contributed by atoms with Gasteiger partial charge < -0.3 is 4.42 Å². The minimum atomic E-state index is -0.0992. The number of hydrogen-bond acceptors (Lipinski definition) is 6. The number of nitriles is 1. The molecule has 2 aliphatic heterocycles. The van der Waals surface area contributed by atoms with E-state index in [1.54, 1.807) is 34.3 Å². The van der Waals surface area contributed by atoms with Crippen LogP contribution in [0.2, 0.25) is 0 Å². The van der Waals surface area contributed by atoms with Gasteiger partial charge in [0, 0.05) is 17.2 Å². The fraction of sp³-hybridized carbons (Fsp3) is 0.294. The van der Waals surface area contributed by atoms with Gasteiger partial charge in [0.05, 0.1) is 42.0 Å². The summed E-state index contributed by atoms with van der Waals surface area (Å²) in [4.78, 5) is 17.6. The maximum Gasteiger partial charge on any atom is 0.229 e. The van der Waals surface area contributed by atoms with Crippen LogP contribution in [0.5, 0.6) is 0 Å². The standard InChI is InChI=1S/C17H15N3O2S2/c18-8-14-13(15-4-2-6-23-15)7-16(21)20-10-19(11-24-17(14)20)9-12-3-1-5-22-12/h1-6,13H,7,9-11H2. The van der Waals surface area contributed by atoms with Gasteiger partial charge in [-0.3, -0.25) is 14.6 Å². The summed E-state index contributed by atoms with van der Waals surface area (Å²) in [5.74, 6) is 1.60. The molecule has 0 aliphatic carbocycles. The number of thiophene rings is 1. The maximum atomic E-state index is 12.7. The highest BCUT2D eigenvalue weighted by molar-refractivity contribution is 8.03. The van der Waals surface area contributed by atoms with Crippen LogP contribution in [0.3, 0.4) is 0 Å². The van der Waals surface area contributed by atoms with E-state index in [0.717, 1.165) is 27.1 Å². The molecule has 0 bridgehead atoms. The zero-order valence-corrected chi connectivity index (χ0v) is 14.5. The molecule has 1 atom stereocenters. The molecular weight excluding hydrogens is 342 g/mol. The summed E-state index contributed by atoms with van der Waals surface area (Å²) >= 11 is 3.17. The molecule has 0 radical (unpaired) electrons. The zero-order chi connectivity index (χ0) is 16.5. The number of nitrogens with zero attached hydrogens (tertiary/aromatic N) is 3. The highest BCUT2D eigenvalue weighted by Crippen LogP contribution is 2.43. The van der Waals surface area contributed by atoms with Crippen molar-refractivity contribution < 1.29 is 9.21 Å². The molecule has 1 amide bonds. The van der Waals surface area contributed by atoms with Crippen molar-refractivity contribution in [3.63, 3.8) is 0 Å². The number of furan rings is 1. The lowest BCUT2D eigenvalue weighted by Crippen LogP contribution is -2.46. The number of rotatable bonds is 3. The summed E-state index contributed by atoms with van der Waals surface area (Å²) in [6, 6.07) is 10.1. The van der Waals surface area contributed by atoms with Gasteiger partial charge in [0.15, 0.2) is 0 Å². The molecule has 7 heteroatoms. The number of allylic oxidation sites excluding steroid dienone is 1. The molecule has 0 aromatic carbocycles. The van der Waals surface area contributed by atoms with E-state index in [-0.39, 0.29) is 11.8 Å². The Morgan fingerprint density at radius 3 is 3.00 bits per heavy atom. The molecule has 4 rings (SSSR count). The molecule has 1 fully saturated rings. The van der Waals surface area contributed by atoms with Gasteiger partial charge in [-0.15, -0.1) is 11.3 Å². The number of thioether (sulfide) groups is 1. The Hall–Kier alpha value is -2.01. The number of fused-ring (bicyclic) bond motifs is 1. The first-order valence-corrected chi connectivity index (χ1v) is 9.48. The molecule has 2 aromatic rings. The largest absolute Gasteiger partial charge is 0.468 e. The van der Waals surface area contributed by atoms with Gasteiger partial charge in [-0.05, 0) is 23.6 Å². The molecule has 2 aromatic heterocycles. The molecule has 2 aliphatic rings. The lowest BCUT2D eigenvalue weighted by molar-refractivity contribution is -0.131. The van der Waals surface area contributed by atoms with E-state index >= 15 is 0 Å². The lowest BCUT2D eigenvalue weighted by atomic mass is 9.92. The van der Waals surface area contributed by atoms with E-state index in [4.69, 9.17) is 4.42 Å². The van der Waals surface area contributed by atoms with Crippen molar-refractivity contribution in [3.8, 4) is 6.07 Å². The third-order valence-electron chi connectivity index (χ3n) is 4.20. The van der Waals surface area contributed by atoms with Crippen LogP contribution in [0.25, 0.3) is 0 Å². The SMILES string of the molecule is N#CC1=C2SCN(Cc3ccco3)CN2C(=O)CC1c1cccs1. The molecule has 1 unspecified atom stereocenters. The van der Waals surface area contributed by atoms with Gasteiger partial charge in [0.25, 0.3) is 0 Å². The molecular formula is C17H15N3O2S2. The van der Waals surface area contributed by atoms with E-state index in [2.05, 4.69) is 11.0 Å². The van der Waals surface area contributed by atoms with E-state index < -0.39 is 0 Å². The molecule has 0 N–H and O–H groups in total. The van der Waals surface area contributed by atoms with Gasteiger partial charge in [-0.2, -0.15) is 5.26 Å². The predicted octanol–water partition coefficient (Wildman–Crippen LogP) is 3.56. The van der Waals surface area contributed by atoms with Crippen LogP contribution in [-0.4, -0.2) is 28.3 Å². The quantitative estimate of drug-likeness (QED) is 0.841. The van der Waals surface area contributed by atoms with Crippen LogP contribution in [0.4, 0.5) is 0 Å². The van der Waals surface area contributed by atoms with Crippen molar-refractivity contribution in [1.82, 2.24) is 9.80 Å². The third kappa shape index (κ3) is 2.77. The topological polar surface area (TPSA) is 60.5 Å². The highest BCUT2D eigenvalue weighted by atomic mass is 32.2. The summed E-state index contributed by atoms with van der Waals surface area (Å²) in [6.45, 7) is 1.16. The first-order valence-electron chi connectivity index (χ1n) is 7.62. The molecule has 24 heavy (non-hydrogen) atoms. The van der Waals surface area contributed by atoms with Gasteiger partial charge in [-0.1, -0.05) is 17.8 Å². The Morgan fingerprint density at radius 1 is 1.38 bits per heavy atom. The normalized spacial score (nSPS) is 21.7. The maximum absolute atomic E-state index is 12.7. The van der Waals surface area contributed by atoms with Crippen molar-refractivity contribution in [2.45, 2.75) is 18.9 Å². The summed E-state index contributed by atoms with van der Waals surface area (Å²) in [5.41, 5.74) is 0.722. The Morgan fingerprint density at radius 2 is 2.29 bits per heavy atom. The first-order chi connectivity index (χ1) is 11.8. The molecule has 0 saturated carbocycles. The van der Waals surface area contributed by atoms with Crippen LogP contribution in [0, 0.1) is 11.3 Å². The van der Waals surface area contributed by atoms with Crippen molar-refractivity contribution in [1.29, 1.82) is 5.26 Å². The Kier molecular flexibility index (Phi) is 4.19. The average Bonchev–Trinajstić information content (AvgIpc) is 3.28. The summed E-state index contributed by atoms with van der Waals surface area (Å²) in [5, 5.41) is 12.5. The summed E-state index contributed by atoms with van der Waals surface area (Å²) in [7, 11) is 0.